The van der Waals surface area contributed by atoms with Crippen molar-refractivity contribution >= 4 is 44.8 Å². The Balaban J connectivity index is 2.65. The van der Waals surface area contributed by atoms with Crippen molar-refractivity contribution in [3.05, 3.63) is 58.1 Å². The van der Waals surface area contributed by atoms with Crippen molar-refractivity contribution in [3.8, 4) is 0 Å². The lowest BCUT2D eigenvalue weighted by Crippen LogP contribution is -2.38. The predicted molar refractivity (Wildman–Crippen MR) is 91.6 cm³/mol. The summed E-state index contributed by atoms with van der Waals surface area (Å²) in [5, 5.41) is -0.0423. The third kappa shape index (κ3) is 4.40. The first-order chi connectivity index (χ1) is 11.9. The molecule has 0 atom stereocenters. The van der Waals surface area contributed by atoms with Crippen LogP contribution in [0.1, 0.15) is 5.56 Å². The van der Waals surface area contributed by atoms with E-state index in [1.807, 2.05) is 0 Å². The first kappa shape index (κ1) is 20.3. The Hall–Kier alpha value is -1.97. The molecule has 26 heavy (non-hydrogen) atoms. The van der Waals surface area contributed by atoms with Crippen LogP contribution in [-0.2, 0) is 21.0 Å². The Bertz CT molecular complexity index is 932. The molecule has 0 aliphatic heterocycles. The zero-order chi connectivity index (χ0) is 19.7. The third-order valence-electron chi connectivity index (χ3n) is 3.24. The summed E-state index contributed by atoms with van der Waals surface area (Å²) in [5.41, 5.74) is 3.43. The van der Waals surface area contributed by atoms with Gasteiger partial charge in [-0.15, -0.1) is 0 Å². The second-order valence-electron chi connectivity index (χ2n) is 5.10. The maximum atomic E-state index is 13.0. The van der Waals surface area contributed by atoms with Gasteiger partial charge in [0.25, 0.3) is 10.0 Å². The van der Waals surface area contributed by atoms with Gasteiger partial charge in [0.1, 0.15) is 6.54 Å². The molecule has 0 saturated carbocycles. The number of primary amides is 1. The normalized spacial score (nSPS) is 12.0. The van der Waals surface area contributed by atoms with Gasteiger partial charge in [-0.2, -0.15) is 13.2 Å². The topological polar surface area (TPSA) is 80.5 Å². The van der Waals surface area contributed by atoms with Crippen LogP contribution >= 0.6 is 23.2 Å². The monoisotopic (exact) mass is 426 g/mol. The second-order valence-corrected chi connectivity index (χ2v) is 7.80. The minimum atomic E-state index is -4.73. The van der Waals surface area contributed by atoms with Crippen molar-refractivity contribution in [1.29, 1.82) is 0 Å². The fourth-order valence-corrected chi connectivity index (χ4v) is 3.89. The molecule has 1 amide bonds. The number of carbonyl (C=O) groups is 1. The molecule has 0 unspecified atom stereocenters. The van der Waals surface area contributed by atoms with Crippen molar-refractivity contribution in [3.63, 3.8) is 0 Å². The maximum Gasteiger partial charge on any atom is 0.416 e. The molecular formula is C15H11Cl2F3N2O3S. The summed E-state index contributed by atoms with van der Waals surface area (Å²) in [6, 6.07) is 6.99. The number of hydrogen-bond acceptors (Lipinski definition) is 3. The quantitative estimate of drug-likeness (QED) is 0.791. The Morgan fingerprint density at radius 1 is 1.08 bits per heavy atom. The highest BCUT2D eigenvalue weighted by Crippen LogP contribution is 2.37. The molecule has 0 spiro atoms. The van der Waals surface area contributed by atoms with Gasteiger partial charge in [-0.3, -0.25) is 9.10 Å². The maximum absolute atomic E-state index is 13.0. The zero-order valence-electron chi connectivity index (χ0n) is 12.8. The number of halogens is 5. The van der Waals surface area contributed by atoms with Gasteiger partial charge in [0.05, 0.1) is 21.2 Å². The minimum absolute atomic E-state index is 0.252. The number of hydrogen-bond donors (Lipinski definition) is 1. The molecule has 0 saturated heterocycles. The first-order valence-corrected chi connectivity index (χ1v) is 9.06. The van der Waals surface area contributed by atoms with Gasteiger partial charge in [0.2, 0.25) is 5.91 Å². The SMILES string of the molecule is NC(=O)CN(c1cc(C(F)(F)F)ccc1Cl)S(=O)(=O)c1ccc(Cl)cc1. The Morgan fingerprint density at radius 2 is 1.65 bits per heavy atom. The number of benzene rings is 2. The lowest BCUT2D eigenvalue weighted by Gasteiger charge is -2.25. The summed E-state index contributed by atoms with van der Waals surface area (Å²) in [4.78, 5) is 11.0. The highest BCUT2D eigenvalue weighted by Gasteiger charge is 2.34. The summed E-state index contributed by atoms with van der Waals surface area (Å²) < 4.78 is 65.0. The van der Waals surface area contributed by atoms with E-state index in [9.17, 15) is 26.4 Å². The van der Waals surface area contributed by atoms with Crippen molar-refractivity contribution in [2.24, 2.45) is 5.73 Å². The van der Waals surface area contributed by atoms with E-state index in [0.717, 1.165) is 18.2 Å². The number of nitrogens with zero attached hydrogens (tertiary/aromatic N) is 1. The lowest BCUT2D eigenvalue weighted by molar-refractivity contribution is -0.137. The number of alkyl halides is 3. The molecule has 0 bridgehead atoms. The van der Waals surface area contributed by atoms with Crippen LogP contribution in [0.25, 0.3) is 0 Å². The van der Waals surface area contributed by atoms with Crippen LogP contribution in [0.2, 0.25) is 10.0 Å². The molecule has 140 valence electrons. The smallest absolute Gasteiger partial charge is 0.368 e. The fourth-order valence-electron chi connectivity index (χ4n) is 2.06. The molecule has 11 heteroatoms. The summed E-state index contributed by atoms with van der Waals surface area (Å²) in [5.74, 6) is -1.07. The van der Waals surface area contributed by atoms with Crippen LogP contribution in [0.15, 0.2) is 47.4 Å². The summed E-state index contributed by atoms with van der Waals surface area (Å²) >= 11 is 11.6. The van der Waals surface area contributed by atoms with Gasteiger partial charge in [0.15, 0.2) is 0 Å². The fraction of sp³-hybridized carbons (Fsp3) is 0.133. The number of carbonyl (C=O) groups excluding carboxylic acids is 1. The van der Waals surface area contributed by atoms with E-state index < -0.39 is 39.9 Å². The molecule has 0 radical (unpaired) electrons. The van der Waals surface area contributed by atoms with Gasteiger partial charge < -0.3 is 5.73 Å². The molecule has 0 aliphatic carbocycles. The number of sulfonamides is 1. The molecular weight excluding hydrogens is 416 g/mol. The number of rotatable bonds is 5. The average Bonchev–Trinajstić information content (AvgIpc) is 2.52. The highest BCUT2D eigenvalue weighted by molar-refractivity contribution is 7.92. The van der Waals surface area contributed by atoms with Crippen molar-refractivity contribution in [2.45, 2.75) is 11.1 Å². The molecule has 2 aromatic rings. The standard InChI is InChI=1S/C15H11Cl2F3N2O3S/c16-10-2-4-11(5-3-10)26(24,25)22(8-14(21)23)13-7-9(15(18,19)20)1-6-12(13)17/h1-7H,8H2,(H2,21,23). The second kappa shape index (κ2) is 7.34. The van der Waals surface area contributed by atoms with Crippen LogP contribution < -0.4 is 10.0 Å². The minimum Gasteiger partial charge on any atom is -0.368 e. The Labute approximate surface area is 157 Å². The van der Waals surface area contributed by atoms with Gasteiger partial charge >= 0.3 is 6.18 Å². The first-order valence-electron chi connectivity index (χ1n) is 6.86. The van der Waals surface area contributed by atoms with Crippen molar-refractivity contribution < 1.29 is 26.4 Å². The summed E-state index contributed by atoms with van der Waals surface area (Å²) in [6.45, 7) is -0.897. The molecule has 0 aromatic heterocycles. The molecule has 5 nitrogen and oxygen atoms in total. The molecule has 2 rings (SSSR count). The highest BCUT2D eigenvalue weighted by atomic mass is 35.5. The van der Waals surface area contributed by atoms with Crippen molar-refractivity contribution in [1.82, 2.24) is 0 Å². The van der Waals surface area contributed by atoms with E-state index in [1.165, 1.54) is 12.1 Å². The van der Waals surface area contributed by atoms with Crippen LogP contribution in [0.4, 0.5) is 18.9 Å². The van der Waals surface area contributed by atoms with Gasteiger partial charge in [0, 0.05) is 5.02 Å². The molecule has 0 heterocycles. The average molecular weight is 427 g/mol. The van der Waals surface area contributed by atoms with Gasteiger partial charge in [-0.25, -0.2) is 8.42 Å². The number of anilines is 1. The number of amides is 1. The predicted octanol–water partition coefficient (Wildman–Crippen LogP) is 3.69. The summed E-state index contributed by atoms with van der Waals surface area (Å²) in [7, 11) is -4.43. The van der Waals surface area contributed by atoms with Gasteiger partial charge in [-0.1, -0.05) is 23.2 Å². The molecule has 0 aliphatic rings. The van der Waals surface area contributed by atoms with Crippen LogP contribution in [0.3, 0.4) is 0 Å². The van der Waals surface area contributed by atoms with Crippen LogP contribution in [0, 0.1) is 0 Å². The van der Waals surface area contributed by atoms with Crippen LogP contribution in [0.5, 0.6) is 0 Å². The van der Waals surface area contributed by atoms with E-state index >= 15 is 0 Å². The molecule has 2 aromatic carbocycles. The van der Waals surface area contributed by atoms with E-state index in [2.05, 4.69) is 0 Å². The van der Waals surface area contributed by atoms with Crippen LogP contribution in [-0.4, -0.2) is 20.9 Å². The van der Waals surface area contributed by atoms with E-state index in [-0.39, 0.29) is 14.9 Å². The third-order valence-corrected chi connectivity index (χ3v) is 5.59. The van der Waals surface area contributed by atoms with Crippen molar-refractivity contribution in [2.75, 3.05) is 10.8 Å². The Kier molecular flexibility index (Phi) is 5.74. The van der Waals surface area contributed by atoms with E-state index in [0.29, 0.717) is 16.4 Å². The zero-order valence-corrected chi connectivity index (χ0v) is 15.1. The molecule has 0 fully saturated rings. The van der Waals surface area contributed by atoms with E-state index in [1.54, 1.807) is 0 Å². The van der Waals surface area contributed by atoms with Gasteiger partial charge in [-0.05, 0) is 42.5 Å². The Morgan fingerprint density at radius 3 is 2.15 bits per heavy atom. The largest absolute Gasteiger partial charge is 0.416 e. The summed E-state index contributed by atoms with van der Waals surface area (Å²) in [6.07, 6.45) is -4.73. The van der Waals surface area contributed by atoms with E-state index in [4.69, 9.17) is 28.9 Å². The lowest BCUT2D eigenvalue weighted by atomic mass is 10.2. The number of nitrogens with two attached hydrogens (primary N) is 1. The molecule has 2 N–H and O–H groups in total.